The van der Waals surface area contributed by atoms with Crippen LogP contribution < -0.4 is 14.4 Å². The Balaban J connectivity index is 2.17. The van der Waals surface area contributed by atoms with Gasteiger partial charge in [0.15, 0.2) is 5.75 Å². The maximum atomic E-state index is 13.4. The van der Waals surface area contributed by atoms with Gasteiger partial charge in [-0.05, 0) is 64.8 Å². The molecule has 33 heavy (non-hydrogen) atoms. The summed E-state index contributed by atoms with van der Waals surface area (Å²) in [5.41, 5.74) is 2.99. The Morgan fingerprint density at radius 2 is 1.61 bits per heavy atom. The van der Waals surface area contributed by atoms with Crippen molar-refractivity contribution in [2.45, 2.75) is 66.3 Å². The molecule has 0 aliphatic carbocycles. The molecule has 0 aromatic heterocycles. The van der Waals surface area contributed by atoms with Gasteiger partial charge < -0.3 is 19.1 Å². The van der Waals surface area contributed by atoms with Gasteiger partial charge in [-0.15, -0.1) is 0 Å². The number of rotatable bonds is 5. The van der Waals surface area contributed by atoms with Crippen LogP contribution in [0, 0.1) is 6.92 Å². The van der Waals surface area contributed by atoms with E-state index < -0.39 is 17.7 Å². The molecular weight excluding hydrogens is 420 g/mol. The molecule has 0 bridgehead atoms. The summed E-state index contributed by atoms with van der Waals surface area (Å²) in [7, 11) is 3.89. The van der Waals surface area contributed by atoms with Gasteiger partial charge in [0.1, 0.15) is 16.9 Å². The molecule has 0 unspecified atom stereocenters. The van der Waals surface area contributed by atoms with Gasteiger partial charge in [-0.3, -0.25) is 4.90 Å². The van der Waals surface area contributed by atoms with Crippen LogP contribution in [0.15, 0.2) is 30.3 Å². The molecule has 2 aromatic rings. The molecule has 178 valence electrons. The zero-order valence-electron chi connectivity index (χ0n) is 20.8. The van der Waals surface area contributed by atoms with Crippen molar-refractivity contribution < 1.29 is 23.8 Å². The number of para-hydroxylation sites is 1. The Labute approximate surface area is 196 Å². The summed E-state index contributed by atoms with van der Waals surface area (Å²) in [6.45, 7) is 12.6. The molecule has 0 fully saturated rings. The number of hydrogen-bond donors (Lipinski definition) is 0. The lowest BCUT2D eigenvalue weighted by molar-refractivity contribution is 0.0201. The third kappa shape index (κ3) is 5.47. The van der Waals surface area contributed by atoms with Crippen molar-refractivity contribution >= 4 is 17.8 Å². The Bertz CT molecular complexity index is 1040. The Morgan fingerprint density at radius 3 is 2.15 bits per heavy atom. The van der Waals surface area contributed by atoms with E-state index in [-0.39, 0.29) is 17.4 Å². The summed E-state index contributed by atoms with van der Waals surface area (Å²) in [6.07, 6.45) is -0.849. The van der Waals surface area contributed by atoms with Crippen LogP contribution in [0.1, 0.15) is 61.7 Å². The van der Waals surface area contributed by atoms with Crippen LogP contribution in [-0.4, -0.2) is 42.8 Å². The first-order valence-electron chi connectivity index (χ1n) is 11.2. The minimum absolute atomic E-state index is 0.214. The number of benzene rings is 2. The lowest BCUT2D eigenvalue weighted by atomic mass is 9.95. The third-order valence-corrected chi connectivity index (χ3v) is 5.51. The van der Waals surface area contributed by atoms with Crippen LogP contribution in [0.3, 0.4) is 0 Å². The SMILES string of the molecule is Cc1c(C(=O)Oc2ccccc2)c(OC(=O)OC(C)(C)C)c2c(c1N(C)C)CN(C(C)C)C2. The first kappa shape index (κ1) is 24.6. The van der Waals surface area contributed by atoms with Crippen LogP contribution in [0.2, 0.25) is 0 Å². The van der Waals surface area contributed by atoms with E-state index in [9.17, 15) is 9.59 Å². The second-order valence-electron chi connectivity index (χ2n) is 9.80. The molecule has 7 heteroatoms. The van der Waals surface area contributed by atoms with Crippen LogP contribution in [-0.2, 0) is 17.8 Å². The summed E-state index contributed by atoms with van der Waals surface area (Å²) in [5.74, 6) is 0.0541. The molecular formula is C26H34N2O5. The van der Waals surface area contributed by atoms with Gasteiger partial charge in [-0.1, -0.05) is 18.2 Å². The van der Waals surface area contributed by atoms with Crippen molar-refractivity contribution in [1.82, 2.24) is 4.90 Å². The molecule has 0 saturated heterocycles. The van der Waals surface area contributed by atoms with E-state index in [4.69, 9.17) is 14.2 Å². The Kier molecular flexibility index (Phi) is 7.03. The Hall–Kier alpha value is -3.06. The minimum Gasteiger partial charge on any atom is -0.428 e. The molecule has 3 rings (SSSR count). The van der Waals surface area contributed by atoms with E-state index in [2.05, 4.69) is 18.7 Å². The molecule has 7 nitrogen and oxygen atoms in total. The highest BCUT2D eigenvalue weighted by atomic mass is 16.7. The van der Waals surface area contributed by atoms with Gasteiger partial charge in [-0.2, -0.15) is 0 Å². The molecule has 0 saturated carbocycles. The zero-order valence-corrected chi connectivity index (χ0v) is 20.8. The summed E-state index contributed by atoms with van der Waals surface area (Å²) in [4.78, 5) is 30.4. The number of nitrogens with zero attached hydrogens (tertiary/aromatic N) is 2. The quantitative estimate of drug-likeness (QED) is 0.344. The number of ether oxygens (including phenoxy) is 3. The van der Waals surface area contributed by atoms with Crippen LogP contribution in [0.25, 0.3) is 0 Å². The van der Waals surface area contributed by atoms with Gasteiger partial charge in [0.2, 0.25) is 0 Å². The number of esters is 1. The number of carbonyl (C=O) groups excluding carboxylic acids is 2. The molecule has 0 amide bonds. The molecule has 0 radical (unpaired) electrons. The van der Waals surface area contributed by atoms with Crippen molar-refractivity contribution in [2.24, 2.45) is 0 Å². The second-order valence-corrected chi connectivity index (χ2v) is 9.80. The van der Waals surface area contributed by atoms with Crippen LogP contribution >= 0.6 is 0 Å². The van der Waals surface area contributed by atoms with Crippen molar-refractivity contribution in [3.8, 4) is 11.5 Å². The van der Waals surface area contributed by atoms with E-state index in [0.29, 0.717) is 24.4 Å². The minimum atomic E-state index is -0.849. The lowest BCUT2D eigenvalue weighted by Gasteiger charge is -2.25. The Morgan fingerprint density at radius 1 is 1.00 bits per heavy atom. The fraction of sp³-hybridized carbons (Fsp3) is 0.462. The fourth-order valence-corrected chi connectivity index (χ4v) is 4.08. The van der Waals surface area contributed by atoms with E-state index in [1.165, 1.54) is 0 Å². The standard InChI is InChI=1S/C26H34N2O5/c1-16(2)28-14-19-20(15-28)23(32-25(30)33-26(4,5)6)21(17(3)22(19)27(7)8)24(29)31-18-12-10-9-11-13-18/h9-13,16H,14-15H2,1-8H3. The van der Waals surface area contributed by atoms with E-state index in [1.54, 1.807) is 45.0 Å². The van der Waals surface area contributed by atoms with Gasteiger partial charge in [0, 0.05) is 44.5 Å². The number of anilines is 1. The van der Waals surface area contributed by atoms with Gasteiger partial charge in [0.25, 0.3) is 0 Å². The number of fused-ring (bicyclic) bond motifs is 1. The smallest absolute Gasteiger partial charge is 0.428 e. The summed E-state index contributed by atoms with van der Waals surface area (Å²) < 4.78 is 16.8. The lowest BCUT2D eigenvalue weighted by Crippen LogP contribution is -2.27. The predicted molar refractivity (Wildman–Crippen MR) is 128 cm³/mol. The summed E-state index contributed by atoms with van der Waals surface area (Å²) >= 11 is 0. The highest BCUT2D eigenvalue weighted by molar-refractivity contribution is 5.99. The molecule has 0 atom stereocenters. The maximum Gasteiger partial charge on any atom is 0.514 e. The van der Waals surface area contributed by atoms with Crippen molar-refractivity contribution in [2.75, 3.05) is 19.0 Å². The third-order valence-electron chi connectivity index (χ3n) is 5.51. The van der Waals surface area contributed by atoms with E-state index in [1.807, 2.05) is 32.0 Å². The molecule has 1 heterocycles. The zero-order chi connectivity index (χ0) is 24.5. The summed E-state index contributed by atoms with van der Waals surface area (Å²) in [5, 5.41) is 0. The normalized spacial score (nSPS) is 13.6. The first-order valence-corrected chi connectivity index (χ1v) is 11.2. The van der Waals surface area contributed by atoms with Crippen LogP contribution in [0.4, 0.5) is 10.5 Å². The molecule has 2 aromatic carbocycles. The van der Waals surface area contributed by atoms with Crippen molar-refractivity contribution in [3.63, 3.8) is 0 Å². The topological polar surface area (TPSA) is 68.3 Å². The number of carbonyl (C=O) groups is 2. The molecule has 1 aliphatic rings. The highest BCUT2D eigenvalue weighted by Crippen LogP contribution is 2.44. The molecule has 1 aliphatic heterocycles. The second kappa shape index (κ2) is 9.43. The monoisotopic (exact) mass is 454 g/mol. The van der Waals surface area contributed by atoms with Crippen molar-refractivity contribution in [3.05, 3.63) is 52.6 Å². The van der Waals surface area contributed by atoms with Crippen LogP contribution in [0.5, 0.6) is 11.5 Å². The van der Waals surface area contributed by atoms with Gasteiger partial charge in [0.05, 0.1) is 0 Å². The average molecular weight is 455 g/mol. The first-order chi connectivity index (χ1) is 15.4. The van der Waals surface area contributed by atoms with Gasteiger partial charge >= 0.3 is 12.1 Å². The fourth-order valence-electron chi connectivity index (χ4n) is 4.08. The van der Waals surface area contributed by atoms with E-state index >= 15 is 0 Å². The largest absolute Gasteiger partial charge is 0.514 e. The highest BCUT2D eigenvalue weighted by Gasteiger charge is 2.36. The van der Waals surface area contributed by atoms with Crippen molar-refractivity contribution in [1.29, 1.82) is 0 Å². The van der Waals surface area contributed by atoms with Gasteiger partial charge in [-0.25, -0.2) is 9.59 Å². The maximum absolute atomic E-state index is 13.4. The molecule has 0 N–H and O–H groups in total. The van der Waals surface area contributed by atoms with E-state index in [0.717, 1.165) is 16.8 Å². The molecule has 0 spiro atoms. The average Bonchev–Trinajstić information content (AvgIpc) is 3.12. The predicted octanol–water partition coefficient (Wildman–Crippen LogP) is 5.32. The number of hydrogen-bond acceptors (Lipinski definition) is 7. The summed E-state index contributed by atoms with van der Waals surface area (Å²) in [6, 6.07) is 9.14.